The normalized spacial score (nSPS) is 33.4. The molecule has 26 heavy (non-hydrogen) atoms. The van der Waals surface area contributed by atoms with Gasteiger partial charge in [-0.25, -0.2) is 0 Å². The quantitative estimate of drug-likeness (QED) is 0.902. The number of hydrogen-bond acceptors (Lipinski definition) is 3. The van der Waals surface area contributed by atoms with Gasteiger partial charge < -0.3 is 15.0 Å². The third-order valence-corrected chi connectivity index (χ3v) is 6.71. The van der Waals surface area contributed by atoms with Crippen molar-refractivity contribution in [3.8, 4) is 5.75 Å². The molecule has 1 N–H and O–H groups in total. The van der Waals surface area contributed by atoms with Crippen LogP contribution in [-0.2, 0) is 9.59 Å². The first-order valence-electron chi connectivity index (χ1n) is 9.76. The zero-order chi connectivity index (χ0) is 18.3. The largest absolute Gasteiger partial charge is 0.497 e. The first-order chi connectivity index (χ1) is 12.6. The van der Waals surface area contributed by atoms with Gasteiger partial charge in [-0.1, -0.05) is 25.0 Å². The Labute approximate surface area is 155 Å². The zero-order valence-corrected chi connectivity index (χ0v) is 15.6. The van der Waals surface area contributed by atoms with E-state index in [9.17, 15) is 9.59 Å². The molecule has 1 heterocycles. The monoisotopic (exact) mass is 356 g/mol. The predicted molar refractivity (Wildman–Crippen MR) is 98.9 cm³/mol. The highest BCUT2D eigenvalue weighted by Crippen LogP contribution is 2.54. The number of carbonyl (C=O) groups is 2. The molecule has 2 saturated carbocycles. The molecule has 4 rings (SSSR count). The Morgan fingerprint density at radius 1 is 1.15 bits per heavy atom. The van der Waals surface area contributed by atoms with Gasteiger partial charge >= 0.3 is 0 Å². The fourth-order valence-electron chi connectivity index (χ4n) is 5.27. The van der Waals surface area contributed by atoms with Crippen LogP contribution in [0.5, 0.6) is 5.75 Å². The van der Waals surface area contributed by atoms with Crippen molar-refractivity contribution < 1.29 is 14.3 Å². The minimum Gasteiger partial charge on any atom is -0.497 e. The molecular weight excluding hydrogens is 328 g/mol. The molecule has 0 unspecified atom stereocenters. The van der Waals surface area contributed by atoms with Crippen molar-refractivity contribution in [2.75, 3.05) is 20.7 Å². The molecule has 0 radical (unpaired) electrons. The maximum Gasteiger partial charge on any atom is 0.225 e. The number of likely N-dealkylation sites (tertiary alicyclic amines) is 1. The molecule has 3 aliphatic rings. The highest BCUT2D eigenvalue weighted by atomic mass is 16.5. The van der Waals surface area contributed by atoms with E-state index < -0.39 is 0 Å². The molecule has 2 amide bonds. The van der Waals surface area contributed by atoms with Crippen LogP contribution in [0.1, 0.15) is 43.6 Å². The summed E-state index contributed by atoms with van der Waals surface area (Å²) in [7, 11) is 3.45. The third-order valence-electron chi connectivity index (χ3n) is 6.71. The topological polar surface area (TPSA) is 58.6 Å². The van der Waals surface area contributed by atoms with E-state index in [0.717, 1.165) is 5.75 Å². The van der Waals surface area contributed by atoms with Crippen LogP contribution in [0.25, 0.3) is 0 Å². The highest BCUT2D eigenvalue weighted by Gasteiger charge is 2.52. The Kier molecular flexibility index (Phi) is 4.63. The van der Waals surface area contributed by atoms with Gasteiger partial charge in [0.25, 0.3) is 0 Å². The fourth-order valence-corrected chi connectivity index (χ4v) is 5.27. The van der Waals surface area contributed by atoms with Gasteiger partial charge in [0, 0.05) is 32.0 Å². The number of hydrogen-bond donors (Lipinski definition) is 1. The fraction of sp³-hybridized carbons (Fsp3) is 0.619. The molecular formula is C21H28N2O3. The lowest BCUT2D eigenvalue weighted by molar-refractivity contribution is -0.130. The average molecular weight is 356 g/mol. The van der Waals surface area contributed by atoms with Crippen molar-refractivity contribution in [1.82, 2.24) is 10.2 Å². The Balaban J connectivity index is 1.50. The summed E-state index contributed by atoms with van der Waals surface area (Å²) in [6.45, 7) is 0.540. The highest BCUT2D eigenvalue weighted by molar-refractivity contribution is 5.89. The zero-order valence-electron chi connectivity index (χ0n) is 15.6. The van der Waals surface area contributed by atoms with Gasteiger partial charge in [-0.15, -0.1) is 0 Å². The first kappa shape index (κ1) is 17.4. The van der Waals surface area contributed by atoms with Crippen LogP contribution in [0.4, 0.5) is 0 Å². The van der Waals surface area contributed by atoms with E-state index in [1.807, 2.05) is 12.1 Å². The van der Waals surface area contributed by atoms with E-state index in [-0.39, 0.29) is 23.8 Å². The van der Waals surface area contributed by atoms with E-state index in [4.69, 9.17) is 4.74 Å². The predicted octanol–water partition coefficient (Wildman–Crippen LogP) is 2.56. The Morgan fingerprint density at radius 2 is 1.85 bits per heavy atom. The molecule has 140 valence electrons. The summed E-state index contributed by atoms with van der Waals surface area (Å²) in [6, 6.07) is 8.49. The maximum absolute atomic E-state index is 12.8. The van der Waals surface area contributed by atoms with Gasteiger partial charge in [-0.05, 0) is 42.4 Å². The summed E-state index contributed by atoms with van der Waals surface area (Å²) in [5, 5.41) is 3.33. The van der Waals surface area contributed by atoms with Gasteiger partial charge in [0.1, 0.15) is 5.75 Å². The van der Waals surface area contributed by atoms with Crippen LogP contribution in [0.2, 0.25) is 0 Å². The molecule has 5 nitrogen and oxygen atoms in total. The molecule has 0 bridgehead atoms. The van der Waals surface area contributed by atoms with Crippen LogP contribution >= 0.6 is 0 Å². The minimum atomic E-state index is -0.202. The number of benzene rings is 1. The van der Waals surface area contributed by atoms with Gasteiger partial charge in [0.15, 0.2) is 0 Å². The molecule has 1 aromatic carbocycles. The number of rotatable bonds is 4. The lowest BCUT2D eigenvalue weighted by Gasteiger charge is -2.55. The Hall–Kier alpha value is -2.04. The SMILES string of the molecule is COc1ccc([C@H]2[C@@H]3CCCC[C@@H]3[C@@H]2NC(=O)[C@H]2CC(=O)N(C)C2)cc1. The molecule has 3 fully saturated rings. The summed E-state index contributed by atoms with van der Waals surface area (Å²) in [4.78, 5) is 26.2. The van der Waals surface area contributed by atoms with Crippen molar-refractivity contribution in [2.24, 2.45) is 17.8 Å². The summed E-state index contributed by atoms with van der Waals surface area (Å²) in [5.74, 6) is 2.40. The number of nitrogens with one attached hydrogen (secondary N) is 1. The molecule has 1 saturated heterocycles. The van der Waals surface area contributed by atoms with Crippen LogP contribution in [0, 0.1) is 17.8 Å². The van der Waals surface area contributed by atoms with Gasteiger partial charge in [-0.2, -0.15) is 0 Å². The molecule has 0 aromatic heterocycles. The average Bonchev–Trinajstić information content (AvgIpc) is 2.99. The van der Waals surface area contributed by atoms with E-state index in [1.165, 1.54) is 31.2 Å². The van der Waals surface area contributed by atoms with Crippen molar-refractivity contribution in [3.63, 3.8) is 0 Å². The standard InChI is InChI=1S/C21H28N2O3/c1-23-12-14(11-18(23)24)21(25)22-20-17-6-4-3-5-16(17)19(20)13-7-9-15(26-2)10-8-13/h7-10,14,16-17,19-20H,3-6,11-12H2,1-2H3,(H,22,25)/t14-,16+,17-,19-,20-/m0/s1. The molecule has 1 aliphatic heterocycles. The van der Waals surface area contributed by atoms with Gasteiger partial charge in [0.05, 0.1) is 13.0 Å². The number of fused-ring (bicyclic) bond motifs is 1. The molecule has 5 heteroatoms. The van der Waals surface area contributed by atoms with Crippen molar-refractivity contribution in [3.05, 3.63) is 29.8 Å². The van der Waals surface area contributed by atoms with Gasteiger partial charge in [-0.3, -0.25) is 9.59 Å². The lowest BCUT2D eigenvalue weighted by atomic mass is 9.53. The number of amides is 2. The van der Waals surface area contributed by atoms with Crippen LogP contribution in [-0.4, -0.2) is 43.5 Å². The van der Waals surface area contributed by atoms with Crippen LogP contribution in [0.3, 0.4) is 0 Å². The van der Waals surface area contributed by atoms with Crippen LogP contribution < -0.4 is 10.1 Å². The molecule has 1 aromatic rings. The van der Waals surface area contributed by atoms with Crippen molar-refractivity contribution in [1.29, 1.82) is 0 Å². The van der Waals surface area contributed by atoms with E-state index in [2.05, 4.69) is 17.4 Å². The number of nitrogens with zero attached hydrogens (tertiary/aromatic N) is 1. The Morgan fingerprint density at radius 3 is 2.46 bits per heavy atom. The second-order valence-electron chi connectivity index (χ2n) is 8.12. The number of ether oxygens (including phenoxy) is 1. The third kappa shape index (κ3) is 2.97. The molecule has 0 spiro atoms. The molecule has 2 aliphatic carbocycles. The van der Waals surface area contributed by atoms with Crippen molar-refractivity contribution in [2.45, 2.75) is 44.1 Å². The van der Waals surface area contributed by atoms with E-state index >= 15 is 0 Å². The smallest absolute Gasteiger partial charge is 0.225 e. The first-order valence-corrected chi connectivity index (χ1v) is 9.76. The van der Waals surface area contributed by atoms with Crippen LogP contribution in [0.15, 0.2) is 24.3 Å². The van der Waals surface area contributed by atoms with Crippen molar-refractivity contribution >= 4 is 11.8 Å². The second-order valence-corrected chi connectivity index (χ2v) is 8.12. The number of methoxy groups -OCH3 is 1. The second kappa shape index (κ2) is 6.93. The van der Waals surface area contributed by atoms with E-state index in [0.29, 0.717) is 30.7 Å². The minimum absolute atomic E-state index is 0.0511. The Bertz CT molecular complexity index is 687. The summed E-state index contributed by atoms with van der Waals surface area (Å²) in [6.07, 6.45) is 5.34. The summed E-state index contributed by atoms with van der Waals surface area (Å²) < 4.78 is 5.28. The molecule has 5 atom stereocenters. The summed E-state index contributed by atoms with van der Waals surface area (Å²) in [5.41, 5.74) is 1.29. The lowest BCUT2D eigenvalue weighted by Crippen LogP contribution is -2.60. The number of carbonyl (C=O) groups excluding carboxylic acids is 2. The van der Waals surface area contributed by atoms with Gasteiger partial charge in [0.2, 0.25) is 11.8 Å². The van der Waals surface area contributed by atoms with E-state index in [1.54, 1.807) is 19.1 Å². The summed E-state index contributed by atoms with van der Waals surface area (Å²) >= 11 is 0. The maximum atomic E-state index is 12.8.